The van der Waals surface area contributed by atoms with Crippen LogP contribution in [0, 0.1) is 0 Å². The van der Waals surface area contributed by atoms with Crippen molar-refractivity contribution in [3.63, 3.8) is 0 Å². The highest BCUT2D eigenvalue weighted by Crippen LogP contribution is 2.17. The van der Waals surface area contributed by atoms with E-state index in [-0.39, 0.29) is 6.42 Å². The molecule has 1 rings (SSSR count). The van der Waals surface area contributed by atoms with Crippen molar-refractivity contribution in [1.82, 2.24) is 9.80 Å². The first-order valence-electron chi connectivity index (χ1n) is 6.13. The summed E-state index contributed by atoms with van der Waals surface area (Å²) in [5.74, 6) is -0.694. The molecule has 0 aromatic carbocycles. The Morgan fingerprint density at radius 2 is 2.31 bits per heavy atom. The van der Waals surface area contributed by atoms with Gasteiger partial charge in [-0.05, 0) is 46.8 Å². The Bertz CT molecular complexity index is 233. The first kappa shape index (κ1) is 13.5. The maximum Gasteiger partial charge on any atom is 0.303 e. The number of carbonyl (C=O) groups is 1. The van der Waals surface area contributed by atoms with E-state index in [1.807, 2.05) is 0 Å². The summed E-state index contributed by atoms with van der Waals surface area (Å²) in [5.41, 5.74) is 0. The SMILES string of the molecule is CC(CCC(=O)O)N(C)C1CCCN(C)C1. The van der Waals surface area contributed by atoms with Crippen molar-refractivity contribution in [3.05, 3.63) is 0 Å². The minimum absolute atomic E-state index is 0.272. The smallest absolute Gasteiger partial charge is 0.303 e. The van der Waals surface area contributed by atoms with Gasteiger partial charge in [-0.15, -0.1) is 0 Å². The Kier molecular flexibility index (Phi) is 5.22. The molecule has 1 N–H and O–H groups in total. The van der Waals surface area contributed by atoms with Gasteiger partial charge < -0.3 is 10.0 Å². The van der Waals surface area contributed by atoms with Crippen LogP contribution in [-0.2, 0) is 4.79 Å². The van der Waals surface area contributed by atoms with Crippen molar-refractivity contribution in [1.29, 1.82) is 0 Å². The molecule has 1 aliphatic rings. The van der Waals surface area contributed by atoms with E-state index < -0.39 is 5.97 Å². The van der Waals surface area contributed by atoms with Gasteiger partial charge in [-0.2, -0.15) is 0 Å². The molecule has 1 fully saturated rings. The van der Waals surface area contributed by atoms with Gasteiger partial charge >= 0.3 is 5.97 Å². The van der Waals surface area contributed by atoms with Crippen LogP contribution in [0.2, 0.25) is 0 Å². The van der Waals surface area contributed by atoms with Gasteiger partial charge in [0.15, 0.2) is 0 Å². The fourth-order valence-corrected chi connectivity index (χ4v) is 2.37. The fraction of sp³-hybridized carbons (Fsp3) is 0.917. The second kappa shape index (κ2) is 6.21. The van der Waals surface area contributed by atoms with Crippen LogP contribution in [0.4, 0.5) is 0 Å². The number of carboxylic acid groups (broad SMARTS) is 1. The largest absolute Gasteiger partial charge is 0.481 e. The number of likely N-dealkylation sites (N-methyl/N-ethyl adjacent to an activating group) is 2. The predicted octanol–water partition coefficient (Wildman–Crippen LogP) is 1.27. The highest BCUT2D eigenvalue weighted by Gasteiger charge is 2.24. The zero-order valence-corrected chi connectivity index (χ0v) is 10.6. The van der Waals surface area contributed by atoms with Gasteiger partial charge in [-0.25, -0.2) is 0 Å². The molecule has 0 spiro atoms. The summed E-state index contributed by atoms with van der Waals surface area (Å²) in [6.07, 6.45) is 3.50. The number of rotatable bonds is 5. The van der Waals surface area contributed by atoms with E-state index in [9.17, 15) is 4.79 Å². The zero-order chi connectivity index (χ0) is 12.1. The molecular formula is C12H24N2O2. The molecule has 1 heterocycles. The molecule has 2 atom stereocenters. The average molecular weight is 228 g/mol. The number of piperidine rings is 1. The van der Waals surface area contributed by atoms with Crippen molar-refractivity contribution < 1.29 is 9.90 Å². The van der Waals surface area contributed by atoms with Crippen LogP contribution in [0.1, 0.15) is 32.6 Å². The van der Waals surface area contributed by atoms with Crippen LogP contribution in [-0.4, -0.2) is 60.1 Å². The molecule has 2 unspecified atom stereocenters. The number of carboxylic acids is 1. The first-order chi connectivity index (χ1) is 7.50. The number of nitrogens with zero attached hydrogens (tertiary/aromatic N) is 2. The third kappa shape index (κ3) is 4.10. The molecule has 4 nitrogen and oxygen atoms in total. The Labute approximate surface area is 98.2 Å². The van der Waals surface area contributed by atoms with E-state index in [2.05, 4.69) is 30.8 Å². The molecule has 0 aromatic rings. The van der Waals surface area contributed by atoms with Crippen LogP contribution < -0.4 is 0 Å². The second-order valence-corrected chi connectivity index (χ2v) is 5.01. The monoisotopic (exact) mass is 228 g/mol. The lowest BCUT2D eigenvalue weighted by Gasteiger charge is -2.38. The van der Waals surface area contributed by atoms with E-state index >= 15 is 0 Å². The topological polar surface area (TPSA) is 43.8 Å². The normalized spacial score (nSPS) is 24.6. The van der Waals surface area contributed by atoms with E-state index in [1.165, 1.54) is 19.4 Å². The van der Waals surface area contributed by atoms with Crippen LogP contribution >= 0.6 is 0 Å². The van der Waals surface area contributed by atoms with Crippen LogP contribution in [0.25, 0.3) is 0 Å². The third-order valence-electron chi connectivity index (χ3n) is 3.65. The van der Waals surface area contributed by atoms with E-state index in [1.54, 1.807) is 0 Å². The zero-order valence-electron chi connectivity index (χ0n) is 10.6. The molecule has 0 bridgehead atoms. The lowest BCUT2D eigenvalue weighted by atomic mass is 10.0. The summed E-state index contributed by atoms with van der Waals surface area (Å²) in [4.78, 5) is 15.2. The number of hydrogen-bond acceptors (Lipinski definition) is 3. The Hall–Kier alpha value is -0.610. The summed E-state index contributed by atoms with van der Waals surface area (Å²) in [7, 11) is 4.28. The highest BCUT2D eigenvalue weighted by molar-refractivity contribution is 5.66. The van der Waals surface area contributed by atoms with Crippen LogP contribution in [0.15, 0.2) is 0 Å². The number of aliphatic carboxylic acids is 1. The van der Waals surface area contributed by atoms with Crippen molar-refractivity contribution in [3.8, 4) is 0 Å². The van der Waals surface area contributed by atoms with Gasteiger partial charge in [-0.3, -0.25) is 9.69 Å². The Morgan fingerprint density at radius 1 is 1.62 bits per heavy atom. The summed E-state index contributed by atoms with van der Waals surface area (Å²) in [6, 6.07) is 0.940. The fourth-order valence-electron chi connectivity index (χ4n) is 2.37. The quantitative estimate of drug-likeness (QED) is 0.769. The van der Waals surface area contributed by atoms with E-state index in [0.29, 0.717) is 12.1 Å². The minimum atomic E-state index is -0.694. The molecule has 0 amide bonds. The summed E-state index contributed by atoms with van der Waals surface area (Å²) in [6.45, 7) is 4.42. The molecule has 94 valence electrons. The molecule has 1 aliphatic heterocycles. The molecule has 0 aliphatic carbocycles. The van der Waals surface area contributed by atoms with Gasteiger partial charge in [0.25, 0.3) is 0 Å². The standard InChI is InChI=1S/C12H24N2O2/c1-10(6-7-12(15)16)14(3)11-5-4-8-13(2)9-11/h10-11H,4-9H2,1-3H3,(H,15,16). The molecule has 1 saturated heterocycles. The Morgan fingerprint density at radius 3 is 2.88 bits per heavy atom. The summed E-state index contributed by atoms with van der Waals surface area (Å²) < 4.78 is 0. The molecule has 0 radical (unpaired) electrons. The van der Waals surface area contributed by atoms with Crippen LogP contribution in [0.5, 0.6) is 0 Å². The van der Waals surface area contributed by atoms with Crippen molar-refractivity contribution in [2.24, 2.45) is 0 Å². The lowest BCUT2D eigenvalue weighted by molar-refractivity contribution is -0.137. The van der Waals surface area contributed by atoms with Crippen molar-refractivity contribution >= 4 is 5.97 Å². The van der Waals surface area contributed by atoms with Gasteiger partial charge in [-0.1, -0.05) is 0 Å². The maximum atomic E-state index is 10.5. The van der Waals surface area contributed by atoms with Gasteiger partial charge in [0.05, 0.1) is 0 Å². The lowest BCUT2D eigenvalue weighted by Crippen LogP contribution is -2.48. The Balaban J connectivity index is 2.36. The van der Waals surface area contributed by atoms with E-state index in [4.69, 9.17) is 5.11 Å². The highest BCUT2D eigenvalue weighted by atomic mass is 16.4. The molecule has 16 heavy (non-hydrogen) atoms. The summed E-state index contributed by atoms with van der Waals surface area (Å²) in [5, 5.41) is 8.67. The minimum Gasteiger partial charge on any atom is -0.481 e. The van der Waals surface area contributed by atoms with Crippen molar-refractivity contribution in [2.75, 3.05) is 27.2 Å². The predicted molar refractivity (Wildman–Crippen MR) is 64.6 cm³/mol. The molecular weight excluding hydrogens is 204 g/mol. The maximum absolute atomic E-state index is 10.5. The second-order valence-electron chi connectivity index (χ2n) is 5.01. The number of hydrogen-bond donors (Lipinski definition) is 1. The first-order valence-corrected chi connectivity index (χ1v) is 6.13. The van der Waals surface area contributed by atoms with E-state index in [0.717, 1.165) is 13.0 Å². The van der Waals surface area contributed by atoms with Crippen molar-refractivity contribution in [2.45, 2.75) is 44.7 Å². The van der Waals surface area contributed by atoms with Crippen LogP contribution in [0.3, 0.4) is 0 Å². The molecule has 0 aromatic heterocycles. The van der Waals surface area contributed by atoms with Gasteiger partial charge in [0.1, 0.15) is 0 Å². The van der Waals surface area contributed by atoms with Gasteiger partial charge in [0.2, 0.25) is 0 Å². The summed E-state index contributed by atoms with van der Waals surface area (Å²) >= 11 is 0. The third-order valence-corrected chi connectivity index (χ3v) is 3.65. The number of likely N-dealkylation sites (tertiary alicyclic amines) is 1. The molecule has 4 heteroatoms. The molecule has 0 saturated carbocycles. The van der Waals surface area contributed by atoms with Gasteiger partial charge in [0, 0.05) is 25.0 Å². The average Bonchev–Trinajstić information content (AvgIpc) is 2.24.